The Morgan fingerprint density at radius 2 is 1.92 bits per heavy atom. The Hall–Kier alpha value is -0.230. The minimum atomic E-state index is -4.01. The second-order valence-electron chi connectivity index (χ2n) is 1.79. The smallest absolute Gasteiger partial charge is 0.352 e. The Morgan fingerprint density at radius 3 is 2.17 bits per heavy atom. The highest BCUT2D eigenvalue weighted by Gasteiger charge is 2.49. The molecule has 1 N–H and O–H groups in total. The molecule has 0 radical (unpaired) electrons. The van der Waals surface area contributed by atoms with Crippen LogP contribution in [0.15, 0.2) is 12.2 Å². The zero-order valence-electron chi connectivity index (χ0n) is 5.40. The van der Waals surface area contributed by atoms with E-state index >= 15 is 0 Å². The van der Waals surface area contributed by atoms with Crippen LogP contribution in [-0.4, -0.2) is 21.0 Å². The standard InChI is InChI=1S/C5H3BrClF3O2/c6-5(9,10)4(7,8)2-1-3(11)12/h1-2H,(H,11,12). The third-order valence-electron chi connectivity index (χ3n) is 0.813. The maximum Gasteiger partial charge on any atom is 0.352 e. The van der Waals surface area contributed by atoms with Crippen LogP contribution in [0.2, 0.25) is 0 Å². The van der Waals surface area contributed by atoms with Crippen molar-refractivity contribution in [2.45, 2.75) is 9.96 Å². The Bertz CT molecular complexity index is 211. The monoisotopic (exact) mass is 266 g/mol. The first kappa shape index (κ1) is 11.8. The molecule has 0 spiro atoms. The molecular formula is C5H3BrClF3O2. The molecule has 0 fully saturated rings. The molecule has 0 saturated heterocycles. The van der Waals surface area contributed by atoms with Crippen molar-refractivity contribution in [3.8, 4) is 0 Å². The van der Waals surface area contributed by atoms with E-state index in [2.05, 4.69) is 11.6 Å². The van der Waals surface area contributed by atoms with Crippen LogP contribution < -0.4 is 0 Å². The zero-order valence-corrected chi connectivity index (χ0v) is 7.74. The van der Waals surface area contributed by atoms with E-state index in [4.69, 9.17) is 5.11 Å². The van der Waals surface area contributed by atoms with Crippen molar-refractivity contribution in [2.24, 2.45) is 0 Å². The number of rotatable bonds is 3. The van der Waals surface area contributed by atoms with E-state index in [1.165, 1.54) is 0 Å². The molecule has 0 amide bonds. The predicted molar refractivity (Wildman–Crippen MR) is 40.3 cm³/mol. The van der Waals surface area contributed by atoms with Gasteiger partial charge in [0.1, 0.15) is 0 Å². The molecule has 0 bridgehead atoms. The van der Waals surface area contributed by atoms with Gasteiger partial charge in [0.05, 0.1) is 0 Å². The summed E-state index contributed by atoms with van der Waals surface area (Å²) in [4.78, 5) is 5.79. The van der Waals surface area contributed by atoms with Crippen molar-refractivity contribution in [3.63, 3.8) is 0 Å². The Balaban J connectivity index is 4.54. The van der Waals surface area contributed by atoms with Gasteiger partial charge in [-0.15, -0.1) is 0 Å². The van der Waals surface area contributed by atoms with Crippen LogP contribution in [0.5, 0.6) is 0 Å². The molecule has 0 aromatic rings. The average molecular weight is 267 g/mol. The number of allylic oxidation sites excluding steroid dienone is 1. The molecule has 0 rings (SSSR count). The predicted octanol–water partition coefficient (Wildman–Crippen LogP) is 2.52. The van der Waals surface area contributed by atoms with Gasteiger partial charge in [-0.2, -0.15) is 8.78 Å². The van der Waals surface area contributed by atoms with Crippen molar-refractivity contribution in [2.75, 3.05) is 0 Å². The SMILES string of the molecule is O=C(O)C=CC(F)(Cl)C(F)(F)Br. The number of halogens is 5. The van der Waals surface area contributed by atoms with Crippen molar-refractivity contribution in [1.82, 2.24) is 0 Å². The summed E-state index contributed by atoms with van der Waals surface area (Å²) in [5.74, 6) is -1.56. The molecular weight excluding hydrogens is 264 g/mol. The van der Waals surface area contributed by atoms with Gasteiger partial charge in [0.25, 0.3) is 5.13 Å². The fourth-order valence-electron chi connectivity index (χ4n) is 0.270. The molecule has 7 heteroatoms. The van der Waals surface area contributed by atoms with Gasteiger partial charge in [-0.3, -0.25) is 0 Å². The van der Waals surface area contributed by atoms with Crippen LogP contribution >= 0.6 is 27.5 Å². The molecule has 0 aliphatic rings. The lowest BCUT2D eigenvalue weighted by atomic mass is 10.3. The lowest BCUT2D eigenvalue weighted by Crippen LogP contribution is -2.31. The van der Waals surface area contributed by atoms with Crippen molar-refractivity contribution < 1.29 is 23.1 Å². The fourth-order valence-corrected chi connectivity index (χ4v) is 0.466. The normalized spacial score (nSPS) is 17.8. The summed E-state index contributed by atoms with van der Waals surface area (Å²) < 4.78 is 36.8. The van der Waals surface area contributed by atoms with Gasteiger partial charge >= 0.3 is 10.8 Å². The summed E-state index contributed by atoms with van der Waals surface area (Å²) in [7, 11) is 0. The summed E-state index contributed by atoms with van der Waals surface area (Å²) in [6.45, 7) is 0. The van der Waals surface area contributed by atoms with Crippen LogP contribution in [0.1, 0.15) is 0 Å². The molecule has 0 heterocycles. The van der Waals surface area contributed by atoms with Crippen LogP contribution in [-0.2, 0) is 4.79 Å². The van der Waals surface area contributed by atoms with Crippen molar-refractivity contribution in [3.05, 3.63) is 12.2 Å². The van der Waals surface area contributed by atoms with Crippen molar-refractivity contribution >= 4 is 33.5 Å². The van der Waals surface area contributed by atoms with Crippen LogP contribution in [0.4, 0.5) is 13.2 Å². The second-order valence-corrected chi connectivity index (χ2v) is 3.34. The third-order valence-corrected chi connectivity index (χ3v) is 1.98. The summed E-state index contributed by atoms with van der Waals surface area (Å²) in [6, 6.07) is 0. The highest BCUT2D eigenvalue weighted by molar-refractivity contribution is 9.10. The summed E-state index contributed by atoms with van der Waals surface area (Å²) >= 11 is 6.31. The first-order valence-electron chi connectivity index (χ1n) is 2.53. The highest BCUT2D eigenvalue weighted by Crippen LogP contribution is 2.42. The van der Waals surface area contributed by atoms with Crippen molar-refractivity contribution in [1.29, 1.82) is 0 Å². The minimum Gasteiger partial charge on any atom is -0.478 e. The maximum atomic E-state index is 12.6. The van der Waals surface area contributed by atoms with E-state index in [9.17, 15) is 18.0 Å². The van der Waals surface area contributed by atoms with Gasteiger partial charge in [-0.1, -0.05) is 11.6 Å². The van der Waals surface area contributed by atoms with E-state index in [1.807, 2.05) is 0 Å². The van der Waals surface area contributed by atoms with E-state index in [1.54, 1.807) is 15.9 Å². The molecule has 0 saturated carbocycles. The van der Waals surface area contributed by atoms with Gasteiger partial charge in [-0.25, -0.2) is 9.18 Å². The number of hydrogen-bond donors (Lipinski definition) is 1. The number of carboxylic acids is 1. The zero-order chi connectivity index (χ0) is 9.99. The molecule has 2 nitrogen and oxygen atoms in total. The Labute approximate surface area is 79.1 Å². The van der Waals surface area contributed by atoms with Gasteiger partial charge in [-0.05, 0) is 22.0 Å². The Morgan fingerprint density at radius 1 is 1.50 bits per heavy atom. The average Bonchev–Trinajstić information content (AvgIpc) is 1.81. The first-order chi connectivity index (χ1) is 5.17. The van der Waals surface area contributed by atoms with Crippen LogP contribution in [0.3, 0.4) is 0 Å². The quantitative estimate of drug-likeness (QED) is 0.630. The van der Waals surface area contributed by atoms with E-state index in [0.29, 0.717) is 0 Å². The Kier molecular flexibility index (Phi) is 3.59. The number of alkyl halides is 5. The summed E-state index contributed by atoms with van der Waals surface area (Å²) in [6.07, 6.45) is 0.244. The summed E-state index contributed by atoms with van der Waals surface area (Å²) in [5, 5.41) is 4.43. The molecule has 12 heavy (non-hydrogen) atoms. The van der Waals surface area contributed by atoms with Crippen LogP contribution in [0.25, 0.3) is 0 Å². The van der Waals surface area contributed by atoms with E-state index in [0.717, 1.165) is 0 Å². The lowest BCUT2D eigenvalue weighted by molar-refractivity contribution is -0.131. The van der Waals surface area contributed by atoms with Crippen LogP contribution in [0, 0.1) is 0 Å². The molecule has 0 aliphatic heterocycles. The topological polar surface area (TPSA) is 37.3 Å². The molecule has 0 aromatic heterocycles. The number of hydrogen-bond acceptors (Lipinski definition) is 1. The largest absolute Gasteiger partial charge is 0.478 e. The van der Waals surface area contributed by atoms with Gasteiger partial charge in [0, 0.05) is 6.08 Å². The highest BCUT2D eigenvalue weighted by atomic mass is 79.9. The molecule has 70 valence electrons. The lowest BCUT2D eigenvalue weighted by Gasteiger charge is -2.18. The van der Waals surface area contributed by atoms with E-state index in [-0.39, 0.29) is 12.2 Å². The molecule has 0 aromatic carbocycles. The number of carboxylic acid groups (broad SMARTS) is 1. The second kappa shape index (κ2) is 3.66. The number of carbonyl (C=O) groups is 1. The molecule has 1 unspecified atom stereocenters. The third kappa shape index (κ3) is 3.44. The maximum absolute atomic E-state index is 12.6. The van der Waals surface area contributed by atoms with Gasteiger partial charge in [0.15, 0.2) is 0 Å². The number of aliphatic carboxylic acids is 1. The first-order valence-corrected chi connectivity index (χ1v) is 3.70. The fraction of sp³-hybridized carbons (Fsp3) is 0.400. The molecule has 0 aliphatic carbocycles. The molecule has 1 atom stereocenters. The van der Waals surface area contributed by atoms with E-state index < -0.39 is 15.9 Å². The van der Waals surface area contributed by atoms with Gasteiger partial charge in [0.2, 0.25) is 0 Å². The van der Waals surface area contributed by atoms with Gasteiger partial charge < -0.3 is 5.11 Å². The minimum absolute atomic E-state index is 0.0473. The summed E-state index contributed by atoms with van der Waals surface area (Å²) in [5.41, 5.74) is 0.